The zero-order valence-corrected chi connectivity index (χ0v) is 21.6. The number of rotatable bonds is 8. The molecule has 3 aromatic carbocycles. The molecule has 1 amide bonds. The molecule has 188 valence electrons. The summed E-state index contributed by atoms with van der Waals surface area (Å²) in [5, 5.41) is 11.7. The molecule has 4 aromatic rings. The van der Waals surface area contributed by atoms with E-state index in [0.717, 1.165) is 11.3 Å². The second-order valence-corrected chi connectivity index (χ2v) is 9.38. The number of anilines is 2. The van der Waals surface area contributed by atoms with Gasteiger partial charge in [0.15, 0.2) is 11.5 Å². The van der Waals surface area contributed by atoms with E-state index in [1.807, 2.05) is 73.7 Å². The second kappa shape index (κ2) is 10.8. The molecule has 0 spiro atoms. The Hall–Kier alpha value is -4.24. The molecule has 0 radical (unpaired) electrons. The van der Waals surface area contributed by atoms with E-state index in [1.54, 1.807) is 30.7 Å². The van der Waals surface area contributed by atoms with E-state index < -0.39 is 6.04 Å². The van der Waals surface area contributed by atoms with Crippen molar-refractivity contribution in [3.63, 3.8) is 0 Å². The van der Waals surface area contributed by atoms with Crippen molar-refractivity contribution in [1.82, 2.24) is 14.8 Å². The highest BCUT2D eigenvalue weighted by atomic mass is 32.2. The summed E-state index contributed by atoms with van der Waals surface area (Å²) in [5.41, 5.74) is 3.95. The van der Waals surface area contributed by atoms with Crippen LogP contribution in [-0.4, -0.2) is 34.9 Å². The highest BCUT2D eigenvalue weighted by molar-refractivity contribution is 7.98. The number of ether oxygens (including phenoxy) is 2. The molecule has 0 bridgehead atoms. The van der Waals surface area contributed by atoms with Gasteiger partial charge in [-0.05, 0) is 42.3 Å². The van der Waals surface area contributed by atoms with Crippen LogP contribution in [0.5, 0.6) is 11.5 Å². The molecular formula is C28H27N5O3S. The molecule has 0 saturated heterocycles. The molecule has 2 N–H and O–H groups in total. The van der Waals surface area contributed by atoms with E-state index in [-0.39, 0.29) is 5.91 Å². The molecule has 5 rings (SSSR count). The maximum absolute atomic E-state index is 13.6. The van der Waals surface area contributed by atoms with Crippen molar-refractivity contribution in [2.45, 2.75) is 23.9 Å². The lowest BCUT2D eigenvalue weighted by Gasteiger charge is -2.29. The fourth-order valence-corrected chi connectivity index (χ4v) is 5.04. The van der Waals surface area contributed by atoms with E-state index in [2.05, 4.69) is 22.8 Å². The number of fused-ring (bicyclic) bond motifs is 1. The quantitative estimate of drug-likeness (QED) is 0.300. The van der Waals surface area contributed by atoms with Crippen LogP contribution in [0, 0.1) is 0 Å². The van der Waals surface area contributed by atoms with Crippen LogP contribution >= 0.6 is 11.8 Å². The summed E-state index contributed by atoms with van der Waals surface area (Å²) < 4.78 is 12.8. The lowest BCUT2D eigenvalue weighted by molar-refractivity contribution is -0.113. The Kier molecular flexibility index (Phi) is 7.14. The van der Waals surface area contributed by atoms with Crippen molar-refractivity contribution in [3.05, 3.63) is 101 Å². The Morgan fingerprint density at radius 2 is 1.70 bits per heavy atom. The minimum atomic E-state index is -0.529. The maximum Gasteiger partial charge on any atom is 0.255 e. The number of carbonyl (C=O) groups excluding carboxylic acids is 1. The standard InChI is InChI=1S/C28H27N5O3S/c1-18-24(26(34)30-21-12-8-5-9-13-21)25(20-14-15-22(35-2)23(16-20)36-3)33-27(29-18)31-28(32-33)37-17-19-10-6-4-7-11-19/h4-16,25H,17H2,1-3H3,(H,30,34)(H,29,31,32). The highest BCUT2D eigenvalue weighted by Crippen LogP contribution is 2.40. The van der Waals surface area contributed by atoms with Crippen LogP contribution in [0.25, 0.3) is 0 Å². The average molecular weight is 514 g/mol. The first-order valence-electron chi connectivity index (χ1n) is 11.8. The molecule has 37 heavy (non-hydrogen) atoms. The number of hydrogen-bond acceptors (Lipinski definition) is 7. The number of nitrogens with one attached hydrogen (secondary N) is 2. The number of carbonyl (C=O) groups is 1. The number of thioether (sulfide) groups is 1. The zero-order valence-electron chi connectivity index (χ0n) is 20.8. The van der Waals surface area contributed by atoms with Crippen molar-refractivity contribution >= 4 is 29.3 Å². The Morgan fingerprint density at radius 3 is 2.41 bits per heavy atom. The van der Waals surface area contributed by atoms with Gasteiger partial charge in [0.1, 0.15) is 6.04 Å². The van der Waals surface area contributed by atoms with E-state index in [9.17, 15) is 4.79 Å². The number of hydrogen-bond donors (Lipinski definition) is 2. The number of aromatic nitrogens is 3. The lowest BCUT2D eigenvalue weighted by atomic mass is 9.94. The van der Waals surface area contributed by atoms with Crippen LogP contribution < -0.4 is 20.1 Å². The highest BCUT2D eigenvalue weighted by Gasteiger charge is 2.35. The topological polar surface area (TPSA) is 90.3 Å². The van der Waals surface area contributed by atoms with E-state index in [1.165, 1.54) is 5.56 Å². The van der Waals surface area contributed by atoms with Gasteiger partial charge in [-0.3, -0.25) is 4.79 Å². The summed E-state index contributed by atoms with van der Waals surface area (Å²) in [5.74, 6) is 2.26. The number of allylic oxidation sites excluding steroid dienone is 1. The Labute approximate surface area is 219 Å². The number of methoxy groups -OCH3 is 2. The predicted molar refractivity (Wildman–Crippen MR) is 145 cm³/mol. The molecule has 1 aromatic heterocycles. The van der Waals surface area contributed by atoms with E-state index >= 15 is 0 Å². The van der Waals surface area contributed by atoms with Crippen molar-refractivity contribution in [3.8, 4) is 11.5 Å². The molecule has 8 nitrogen and oxygen atoms in total. The zero-order chi connectivity index (χ0) is 25.8. The maximum atomic E-state index is 13.6. The molecular weight excluding hydrogens is 486 g/mol. The van der Waals surface area contributed by atoms with Gasteiger partial charge < -0.3 is 20.1 Å². The number of nitrogens with zero attached hydrogens (tertiary/aromatic N) is 3. The Bertz CT molecular complexity index is 1440. The summed E-state index contributed by atoms with van der Waals surface area (Å²) in [4.78, 5) is 18.4. The minimum absolute atomic E-state index is 0.226. The third-order valence-corrected chi connectivity index (χ3v) is 6.95. The monoisotopic (exact) mass is 513 g/mol. The second-order valence-electron chi connectivity index (χ2n) is 8.44. The van der Waals surface area contributed by atoms with Crippen LogP contribution in [0.1, 0.15) is 24.1 Å². The third kappa shape index (κ3) is 5.17. The normalized spacial score (nSPS) is 14.5. The van der Waals surface area contributed by atoms with Crippen LogP contribution in [-0.2, 0) is 10.5 Å². The van der Waals surface area contributed by atoms with Crippen LogP contribution in [0.3, 0.4) is 0 Å². The average Bonchev–Trinajstić information content (AvgIpc) is 3.34. The SMILES string of the molecule is COc1ccc(C2C(C(=O)Nc3ccccc3)=C(C)Nc3nc(SCc4ccccc4)nn32)cc1OC. The molecule has 1 unspecified atom stereocenters. The van der Waals surface area contributed by atoms with Crippen molar-refractivity contribution in [2.24, 2.45) is 0 Å². The molecule has 0 fully saturated rings. The Balaban J connectivity index is 1.54. The van der Waals surface area contributed by atoms with Gasteiger partial charge in [0, 0.05) is 17.1 Å². The summed E-state index contributed by atoms with van der Waals surface area (Å²) in [6.07, 6.45) is 0. The molecule has 9 heteroatoms. The van der Waals surface area contributed by atoms with Gasteiger partial charge in [-0.1, -0.05) is 66.4 Å². The molecule has 1 atom stereocenters. The first kappa shape index (κ1) is 24.5. The number of amides is 1. The fourth-order valence-electron chi connectivity index (χ4n) is 4.26. The van der Waals surface area contributed by atoms with Gasteiger partial charge in [0.2, 0.25) is 11.1 Å². The van der Waals surface area contributed by atoms with Gasteiger partial charge in [0.05, 0.1) is 19.8 Å². The summed E-state index contributed by atoms with van der Waals surface area (Å²) in [6.45, 7) is 1.88. The van der Waals surface area contributed by atoms with Crippen LogP contribution in [0.15, 0.2) is 95.3 Å². The summed E-state index contributed by atoms with van der Waals surface area (Å²) in [7, 11) is 3.18. The van der Waals surface area contributed by atoms with E-state index in [4.69, 9.17) is 19.6 Å². The number of benzene rings is 3. The molecule has 1 aliphatic heterocycles. The van der Waals surface area contributed by atoms with Crippen molar-refractivity contribution < 1.29 is 14.3 Å². The van der Waals surface area contributed by atoms with Gasteiger partial charge >= 0.3 is 0 Å². The first-order valence-corrected chi connectivity index (χ1v) is 12.8. The molecule has 0 saturated carbocycles. The fraction of sp³-hybridized carbons (Fsp3) is 0.179. The van der Waals surface area contributed by atoms with Crippen molar-refractivity contribution in [2.75, 3.05) is 24.9 Å². The largest absolute Gasteiger partial charge is 0.493 e. The van der Waals surface area contributed by atoms with Crippen molar-refractivity contribution in [1.29, 1.82) is 0 Å². The molecule has 0 aliphatic carbocycles. The number of para-hydroxylation sites is 1. The molecule has 1 aliphatic rings. The predicted octanol–water partition coefficient (Wildman–Crippen LogP) is 5.52. The summed E-state index contributed by atoms with van der Waals surface area (Å²) in [6, 6.07) is 24.7. The van der Waals surface area contributed by atoms with E-state index in [0.29, 0.717) is 39.6 Å². The first-order chi connectivity index (χ1) is 18.1. The molecule has 2 heterocycles. The van der Waals surface area contributed by atoms with Gasteiger partial charge in [-0.15, -0.1) is 5.10 Å². The van der Waals surface area contributed by atoms with Crippen LogP contribution in [0.4, 0.5) is 11.6 Å². The van der Waals surface area contributed by atoms with Gasteiger partial charge in [0.25, 0.3) is 5.91 Å². The van der Waals surface area contributed by atoms with Gasteiger partial charge in [-0.25, -0.2) is 4.68 Å². The van der Waals surface area contributed by atoms with Crippen LogP contribution in [0.2, 0.25) is 0 Å². The Morgan fingerprint density at radius 1 is 1.00 bits per heavy atom. The summed E-state index contributed by atoms with van der Waals surface area (Å²) >= 11 is 1.54. The van der Waals surface area contributed by atoms with Gasteiger partial charge in [-0.2, -0.15) is 4.98 Å². The smallest absolute Gasteiger partial charge is 0.255 e. The lowest BCUT2D eigenvalue weighted by Crippen LogP contribution is -2.31. The minimum Gasteiger partial charge on any atom is -0.493 e. The third-order valence-electron chi connectivity index (χ3n) is 6.04.